The van der Waals surface area contributed by atoms with E-state index in [9.17, 15) is 9.00 Å². The molecule has 1 fully saturated rings. The summed E-state index contributed by atoms with van der Waals surface area (Å²) in [6, 6.07) is 6.76. The highest BCUT2D eigenvalue weighted by molar-refractivity contribution is 7.85. The molecule has 0 spiro atoms. The van der Waals surface area contributed by atoms with Crippen LogP contribution in [0.1, 0.15) is 36.0 Å². The van der Waals surface area contributed by atoms with E-state index in [1.54, 1.807) is 24.3 Å². The lowest BCUT2D eigenvalue weighted by Gasteiger charge is -2.08. The van der Waals surface area contributed by atoms with E-state index in [-0.39, 0.29) is 11.5 Å². The lowest BCUT2D eigenvalue weighted by atomic mass is 10.1. The molecule has 0 aromatic heterocycles. The van der Waals surface area contributed by atoms with Crippen molar-refractivity contribution in [3.63, 3.8) is 0 Å². The predicted octanol–water partition coefficient (Wildman–Crippen LogP) is 3.46. The van der Waals surface area contributed by atoms with Crippen LogP contribution >= 0.6 is 11.6 Å². The van der Waals surface area contributed by atoms with Crippen molar-refractivity contribution in [2.24, 2.45) is 5.92 Å². The number of hydrogen-bond donors (Lipinski definition) is 0. The number of rotatable bonds is 5. The van der Waals surface area contributed by atoms with Crippen LogP contribution in [-0.2, 0) is 10.8 Å². The van der Waals surface area contributed by atoms with Crippen molar-refractivity contribution in [1.29, 1.82) is 0 Å². The fourth-order valence-electron chi connectivity index (χ4n) is 2.36. The maximum Gasteiger partial charge on any atom is 0.175 e. The Labute approximate surface area is 115 Å². The van der Waals surface area contributed by atoms with Crippen molar-refractivity contribution in [3.8, 4) is 0 Å². The lowest BCUT2D eigenvalue weighted by Crippen LogP contribution is -2.17. The first kappa shape index (κ1) is 13.8. The van der Waals surface area contributed by atoms with Crippen LogP contribution in [0.2, 0.25) is 5.02 Å². The second-order valence-corrected chi connectivity index (χ2v) is 6.77. The van der Waals surface area contributed by atoms with Gasteiger partial charge in [-0.2, -0.15) is 0 Å². The molecule has 1 unspecified atom stereocenters. The maximum absolute atomic E-state index is 11.9. The molecule has 0 bridgehead atoms. The first-order valence-electron chi connectivity index (χ1n) is 6.29. The predicted molar refractivity (Wildman–Crippen MR) is 75.6 cm³/mol. The van der Waals surface area contributed by atoms with Gasteiger partial charge < -0.3 is 0 Å². The number of hydrogen-bond acceptors (Lipinski definition) is 2. The molecule has 2 rings (SSSR count). The van der Waals surface area contributed by atoms with Crippen molar-refractivity contribution < 1.29 is 9.00 Å². The zero-order chi connectivity index (χ0) is 13.0. The maximum atomic E-state index is 11.9. The molecule has 0 aliphatic heterocycles. The van der Waals surface area contributed by atoms with E-state index >= 15 is 0 Å². The molecule has 1 saturated carbocycles. The van der Waals surface area contributed by atoms with Gasteiger partial charge in [0.2, 0.25) is 0 Å². The third-order valence-corrected chi connectivity index (χ3v) is 5.03. The van der Waals surface area contributed by atoms with Gasteiger partial charge in [0.1, 0.15) is 0 Å². The molecule has 1 aromatic carbocycles. The van der Waals surface area contributed by atoms with Gasteiger partial charge >= 0.3 is 0 Å². The van der Waals surface area contributed by atoms with E-state index in [1.165, 1.54) is 25.7 Å². The summed E-state index contributed by atoms with van der Waals surface area (Å²) in [5, 5.41) is 0.610. The molecule has 1 atom stereocenters. The van der Waals surface area contributed by atoms with Crippen LogP contribution in [0.5, 0.6) is 0 Å². The summed E-state index contributed by atoms with van der Waals surface area (Å²) in [7, 11) is -1.03. The average molecular weight is 285 g/mol. The standard InChI is InChI=1S/C14H17ClO2S/c15-13-7-5-12(6-8-13)14(16)10-18(17)9-11-3-1-2-4-11/h5-8,11H,1-4,9-10H2. The zero-order valence-electron chi connectivity index (χ0n) is 10.2. The molecule has 1 aromatic rings. The SMILES string of the molecule is O=C(CS(=O)CC1CCCC1)c1ccc(Cl)cc1. The van der Waals surface area contributed by atoms with Crippen LogP contribution in [0.4, 0.5) is 0 Å². The minimum atomic E-state index is -1.03. The molecule has 0 N–H and O–H groups in total. The molecular formula is C14H17ClO2S. The molecule has 0 heterocycles. The molecule has 18 heavy (non-hydrogen) atoms. The van der Waals surface area contributed by atoms with Crippen molar-refractivity contribution >= 4 is 28.2 Å². The quantitative estimate of drug-likeness (QED) is 0.776. The third-order valence-electron chi connectivity index (χ3n) is 3.35. The van der Waals surface area contributed by atoms with Crippen molar-refractivity contribution in [2.45, 2.75) is 25.7 Å². The van der Waals surface area contributed by atoms with Gasteiger partial charge in [0, 0.05) is 27.1 Å². The topological polar surface area (TPSA) is 34.1 Å². The fourth-order valence-corrected chi connectivity index (χ4v) is 3.93. The minimum Gasteiger partial charge on any atom is -0.293 e. The number of ketones is 1. The highest BCUT2D eigenvalue weighted by atomic mass is 35.5. The van der Waals surface area contributed by atoms with Crippen molar-refractivity contribution in [3.05, 3.63) is 34.9 Å². The van der Waals surface area contributed by atoms with E-state index < -0.39 is 10.8 Å². The highest BCUT2D eigenvalue weighted by Gasteiger charge is 2.19. The van der Waals surface area contributed by atoms with Gasteiger partial charge in [-0.15, -0.1) is 0 Å². The smallest absolute Gasteiger partial charge is 0.175 e. The van der Waals surface area contributed by atoms with E-state index in [1.807, 2.05) is 0 Å². The summed E-state index contributed by atoms with van der Waals surface area (Å²) in [4.78, 5) is 11.9. The van der Waals surface area contributed by atoms with E-state index in [0.717, 1.165) is 0 Å². The van der Waals surface area contributed by atoms with E-state index in [0.29, 0.717) is 22.3 Å². The van der Waals surface area contributed by atoms with Crippen molar-refractivity contribution in [2.75, 3.05) is 11.5 Å². The monoisotopic (exact) mass is 284 g/mol. The van der Waals surface area contributed by atoms with Gasteiger partial charge in [0.25, 0.3) is 0 Å². The van der Waals surface area contributed by atoms with Gasteiger partial charge in [-0.25, -0.2) is 0 Å². The Balaban J connectivity index is 1.86. The summed E-state index contributed by atoms with van der Waals surface area (Å²) >= 11 is 5.76. The Kier molecular flexibility index (Phi) is 4.95. The van der Waals surface area contributed by atoms with Crippen LogP contribution in [0.15, 0.2) is 24.3 Å². The molecule has 4 heteroatoms. The third kappa shape index (κ3) is 3.92. The van der Waals surface area contributed by atoms with E-state index in [4.69, 9.17) is 11.6 Å². The lowest BCUT2D eigenvalue weighted by molar-refractivity contribution is 0.102. The molecule has 0 radical (unpaired) electrons. The summed E-state index contributed by atoms with van der Waals surface area (Å²) in [5.74, 6) is 1.32. The number of carbonyl (C=O) groups is 1. The first-order chi connectivity index (χ1) is 8.65. The fraction of sp³-hybridized carbons (Fsp3) is 0.500. The van der Waals surface area contributed by atoms with E-state index in [2.05, 4.69) is 0 Å². The molecule has 2 nitrogen and oxygen atoms in total. The Morgan fingerprint density at radius 3 is 2.44 bits per heavy atom. The zero-order valence-corrected chi connectivity index (χ0v) is 11.8. The number of carbonyl (C=O) groups excluding carboxylic acids is 1. The number of halogens is 1. The summed E-state index contributed by atoms with van der Waals surface area (Å²) in [6.45, 7) is 0. The highest BCUT2D eigenvalue weighted by Crippen LogP contribution is 2.25. The average Bonchev–Trinajstić information content (AvgIpc) is 2.82. The van der Waals surface area contributed by atoms with Crippen LogP contribution in [0.3, 0.4) is 0 Å². The van der Waals surface area contributed by atoms with Crippen LogP contribution < -0.4 is 0 Å². The second kappa shape index (κ2) is 6.48. The molecule has 0 saturated heterocycles. The Bertz CT molecular complexity index is 436. The molecule has 1 aliphatic carbocycles. The second-order valence-electron chi connectivity index (χ2n) is 4.83. The Morgan fingerprint density at radius 2 is 1.83 bits per heavy atom. The Morgan fingerprint density at radius 1 is 1.22 bits per heavy atom. The van der Waals surface area contributed by atoms with Crippen LogP contribution in [0.25, 0.3) is 0 Å². The minimum absolute atomic E-state index is 0.0528. The molecular weight excluding hydrogens is 268 g/mol. The molecule has 98 valence electrons. The first-order valence-corrected chi connectivity index (χ1v) is 8.15. The van der Waals surface area contributed by atoms with Crippen molar-refractivity contribution in [1.82, 2.24) is 0 Å². The summed E-state index contributed by atoms with van der Waals surface area (Å²) in [6.07, 6.45) is 4.82. The molecule has 1 aliphatic rings. The normalized spacial score (nSPS) is 17.8. The van der Waals surface area contributed by atoms with Crippen LogP contribution in [0, 0.1) is 5.92 Å². The summed E-state index contributed by atoms with van der Waals surface area (Å²) in [5.41, 5.74) is 0.596. The molecule has 0 amide bonds. The van der Waals surface area contributed by atoms with Gasteiger partial charge in [-0.1, -0.05) is 24.4 Å². The Hall–Kier alpha value is -0.670. The van der Waals surface area contributed by atoms with Crippen LogP contribution in [-0.4, -0.2) is 21.5 Å². The van der Waals surface area contributed by atoms with Gasteiger partial charge in [0.05, 0.1) is 5.75 Å². The largest absolute Gasteiger partial charge is 0.293 e. The summed E-state index contributed by atoms with van der Waals surface area (Å²) < 4.78 is 11.9. The van der Waals surface area contributed by atoms with Gasteiger partial charge in [-0.05, 0) is 43.0 Å². The number of Topliss-reactive ketones (excluding diaryl/α,β-unsaturated/α-hetero) is 1. The van der Waals surface area contributed by atoms with Gasteiger partial charge in [0.15, 0.2) is 5.78 Å². The van der Waals surface area contributed by atoms with Gasteiger partial charge in [-0.3, -0.25) is 9.00 Å². The number of benzene rings is 1.